The van der Waals surface area contributed by atoms with E-state index in [0.29, 0.717) is 12.2 Å². The Kier molecular flexibility index (Phi) is 4.03. The summed E-state index contributed by atoms with van der Waals surface area (Å²) < 4.78 is 4.05. The zero-order chi connectivity index (χ0) is 17.4. The fourth-order valence-electron chi connectivity index (χ4n) is 3.31. The molecule has 1 aromatic carbocycles. The molecule has 1 aliphatic rings. The van der Waals surface area contributed by atoms with Gasteiger partial charge in [0.2, 0.25) is 5.91 Å². The molecule has 1 atom stereocenters. The number of carbonyl (C=O) groups excluding carboxylic acids is 1. The van der Waals surface area contributed by atoms with Gasteiger partial charge in [-0.2, -0.15) is 5.10 Å². The zero-order valence-electron chi connectivity index (χ0n) is 14.6. The summed E-state index contributed by atoms with van der Waals surface area (Å²) in [5.41, 5.74) is 1.09. The van der Waals surface area contributed by atoms with Gasteiger partial charge in [-0.25, -0.2) is 4.98 Å². The van der Waals surface area contributed by atoms with Gasteiger partial charge in [-0.1, -0.05) is 12.1 Å². The number of anilines is 1. The van der Waals surface area contributed by atoms with Crippen LogP contribution in [0.4, 0.5) is 5.82 Å². The van der Waals surface area contributed by atoms with Crippen molar-refractivity contribution >= 4 is 22.6 Å². The number of aryl methyl sites for hydroxylation is 1. The van der Waals surface area contributed by atoms with E-state index in [-0.39, 0.29) is 11.9 Å². The molecule has 1 unspecified atom stereocenters. The Morgan fingerprint density at radius 3 is 2.88 bits per heavy atom. The van der Waals surface area contributed by atoms with Gasteiger partial charge < -0.3 is 9.88 Å². The molecule has 0 bridgehead atoms. The molecule has 3 aromatic rings. The Bertz CT molecular complexity index is 906. The highest BCUT2D eigenvalue weighted by molar-refractivity contribution is 5.99. The Morgan fingerprint density at radius 2 is 2.16 bits per heavy atom. The Labute approximate surface area is 146 Å². The van der Waals surface area contributed by atoms with Crippen molar-refractivity contribution < 1.29 is 4.79 Å². The van der Waals surface area contributed by atoms with Crippen molar-refractivity contribution in [2.75, 3.05) is 5.32 Å². The van der Waals surface area contributed by atoms with Crippen LogP contribution in [-0.2, 0) is 11.3 Å². The molecule has 4 rings (SSSR count). The summed E-state index contributed by atoms with van der Waals surface area (Å²) in [6, 6.07) is 8.15. The second-order valence-electron chi connectivity index (χ2n) is 6.97. The van der Waals surface area contributed by atoms with Crippen molar-refractivity contribution in [3.05, 3.63) is 42.5 Å². The van der Waals surface area contributed by atoms with E-state index in [9.17, 15) is 4.79 Å². The minimum absolute atomic E-state index is 0.0255. The number of amides is 1. The molecule has 130 valence electrons. The monoisotopic (exact) mass is 337 g/mol. The lowest BCUT2D eigenvalue weighted by molar-refractivity contribution is -0.116. The molecule has 1 amide bonds. The molecule has 1 saturated carbocycles. The van der Waals surface area contributed by atoms with Gasteiger partial charge in [-0.3, -0.25) is 9.48 Å². The lowest BCUT2D eigenvalue weighted by Gasteiger charge is -2.14. The van der Waals surface area contributed by atoms with Crippen LogP contribution in [0.3, 0.4) is 0 Å². The summed E-state index contributed by atoms with van der Waals surface area (Å²) >= 11 is 0. The van der Waals surface area contributed by atoms with Crippen LogP contribution in [0.25, 0.3) is 10.9 Å². The van der Waals surface area contributed by atoms with E-state index in [1.54, 1.807) is 6.20 Å². The summed E-state index contributed by atoms with van der Waals surface area (Å²) in [6.07, 6.45) is 6.61. The number of hydrogen-bond acceptors (Lipinski definition) is 3. The van der Waals surface area contributed by atoms with Gasteiger partial charge in [0.15, 0.2) is 5.82 Å². The number of benzene rings is 1. The number of para-hydroxylation sites is 1. The van der Waals surface area contributed by atoms with Crippen LogP contribution in [0.2, 0.25) is 0 Å². The van der Waals surface area contributed by atoms with Crippen molar-refractivity contribution in [2.24, 2.45) is 5.92 Å². The minimum atomic E-state index is -0.0255. The van der Waals surface area contributed by atoms with Crippen LogP contribution >= 0.6 is 0 Å². The number of nitrogens with one attached hydrogen (secondary N) is 1. The first-order valence-electron chi connectivity index (χ1n) is 8.86. The van der Waals surface area contributed by atoms with Crippen molar-refractivity contribution in [2.45, 2.75) is 45.7 Å². The second-order valence-corrected chi connectivity index (χ2v) is 6.97. The molecular weight excluding hydrogens is 314 g/mol. The third kappa shape index (κ3) is 3.29. The highest BCUT2D eigenvalue weighted by Crippen LogP contribution is 2.33. The average molecular weight is 337 g/mol. The number of hydrogen-bond donors (Lipinski definition) is 1. The fraction of sp³-hybridized carbons (Fsp3) is 0.421. The van der Waals surface area contributed by atoms with Crippen LogP contribution in [0, 0.1) is 12.8 Å². The number of aromatic nitrogens is 4. The van der Waals surface area contributed by atoms with Gasteiger partial charge in [0, 0.05) is 36.8 Å². The van der Waals surface area contributed by atoms with Crippen LogP contribution in [0.5, 0.6) is 0 Å². The molecule has 2 aromatic heterocycles. The topological polar surface area (TPSA) is 64.7 Å². The SMILES string of the molecule is Cc1nccn1C(C)CC(=O)Nc1nn(CC2CC2)c2ccccc12. The molecule has 2 heterocycles. The molecule has 0 spiro atoms. The smallest absolute Gasteiger partial charge is 0.227 e. The molecule has 1 N–H and O–H groups in total. The average Bonchev–Trinajstić information content (AvgIpc) is 3.20. The van der Waals surface area contributed by atoms with E-state index >= 15 is 0 Å². The van der Waals surface area contributed by atoms with E-state index in [4.69, 9.17) is 0 Å². The standard InChI is InChI=1S/C19H23N5O/c1-13(23-10-9-20-14(23)2)11-18(25)21-19-16-5-3-4-6-17(16)24(22-19)12-15-7-8-15/h3-6,9-10,13,15H,7-8,11-12H2,1-2H3,(H,21,22,25). The summed E-state index contributed by atoms with van der Waals surface area (Å²) in [5.74, 6) is 2.29. The Hall–Kier alpha value is -2.63. The minimum Gasteiger partial charge on any atom is -0.332 e. The molecular formula is C19H23N5O. The predicted octanol–water partition coefficient (Wildman–Crippen LogP) is 3.54. The largest absolute Gasteiger partial charge is 0.332 e. The van der Waals surface area contributed by atoms with Crippen molar-refractivity contribution in [3.63, 3.8) is 0 Å². The maximum absolute atomic E-state index is 12.5. The van der Waals surface area contributed by atoms with Gasteiger partial charge in [-0.05, 0) is 44.7 Å². The first kappa shape index (κ1) is 15.9. The maximum atomic E-state index is 12.5. The van der Waals surface area contributed by atoms with Gasteiger partial charge in [0.1, 0.15) is 5.82 Å². The molecule has 0 radical (unpaired) electrons. The third-order valence-corrected chi connectivity index (χ3v) is 4.86. The van der Waals surface area contributed by atoms with Gasteiger partial charge in [0.05, 0.1) is 5.52 Å². The van der Waals surface area contributed by atoms with E-state index in [1.165, 1.54) is 12.8 Å². The zero-order valence-corrected chi connectivity index (χ0v) is 14.6. The maximum Gasteiger partial charge on any atom is 0.227 e. The summed E-state index contributed by atoms with van der Waals surface area (Å²) in [7, 11) is 0. The molecule has 1 fully saturated rings. The quantitative estimate of drug-likeness (QED) is 0.748. The van der Waals surface area contributed by atoms with Crippen LogP contribution in [0.15, 0.2) is 36.7 Å². The van der Waals surface area contributed by atoms with Crippen LogP contribution in [0.1, 0.15) is 38.1 Å². The van der Waals surface area contributed by atoms with E-state index in [2.05, 4.69) is 21.5 Å². The molecule has 1 aliphatic carbocycles. The van der Waals surface area contributed by atoms with E-state index < -0.39 is 0 Å². The van der Waals surface area contributed by atoms with Crippen LogP contribution in [-0.4, -0.2) is 25.2 Å². The highest BCUT2D eigenvalue weighted by Gasteiger charge is 2.24. The number of fused-ring (bicyclic) bond motifs is 1. The highest BCUT2D eigenvalue weighted by atomic mass is 16.1. The normalized spacial score (nSPS) is 15.4. The fourth-order valence-corrected chi connectivity index (χ4v) is 3.31. The molecule has 6 heteroatoms. The number of nitrogens with zero attached hydrogens (tertiary/aromatic N) is 4. The molecule has 0 saturated heterocycles. The third-order valence-electron chi connectivity index (χ3n) is 4.86. The van der Waals surface area contributed by atoms with Crippen molar-refractivity contribution in [1.29, 1.82) is 0 Å². The van der Waals surface area contributed by atoms with Crippen molar-refractivity contribution in [3.8, 4) is 0 Å². The molecule has 6 nitrogen and oxygen atoms in total. The van der Waals surface area contributed by atoms with E-state index in [0.717, 1.165) is 29.2 Å². The molecule has 25 heavy (non-hydrogen) atoms. The first-order chi connectivity index (χ1) is 12.1. The summed E-state index contributed by atoms with van der Waals surface area (Å²) in [5, 5.41) is 8.67. The predicted molar refractivity (Wildman–Crippen MR) is 97.4 cm³/mol. The summed E-state index contributed by atoms with van der Waals surface area (Å²) in [6.45, 7) is 4.90. The van der Waals surface area contributed by atoms with Gasteiger partial charge >= 0.3 is 0 Å². The van der Waals surface area contributed by atoms with Crippen LogP contribution < -0.4 is 5.32 Å². The van der Waals surface area contributed by atoms with Gasteiger partial charge in [0.25, 0.3) is 0 Å². The van der Waals surface area contributed by atoms with Gasteiger partial charge in [-0.15, -0.1) is 0 Å². The lowest BCUT2D eigenvalue weighted by Crippen LogP contribution is -2.18. The number of carbonyl (C=O) groups is 1. The number of imidazole rings is 1. The summed E-state index contributed by atoms with van der Waals surface area (Å²) in [4.78, 5) is 16.7. The lowest BCUT2D eigenvalue weighted by atomic mass is 10.2. The van der Waals surface area contributed by atoms with Crippen molar-refractivity contribution in [1.82, 2.24) is 19.3 Å². The Balaban J connectivity index is 1.51. The number of rotatable bonds is 6. The Morgan fingerprint density at radius 1 is 1.36 bits per heavy atom. The first-order valence-corrected chi connectivity index (χ1v) is 8.86. The second kappa shape index (κ2) is 6.35. The molecule has 0 aliphatic heterocycles. The van der Waals surface area contributed by atoms with E-state index in [1.807, 2.05) is 47.5 Å².